The van der Waals surface area contributed by atoms with E-state index in [1.165, 1.54) is 45.0 Å². The van der Waals surface area contributed by atoms with Gasteiger partial charge < -0.3 is 74.6 Å². The number of nitrogens with zero attached hydrogens (tertiary/aromatic N) is 9. The van der Waals surface area contributed by atoms with E-state index in [0.717, 1.165) is 87.2 Å². The highest BCUT2D eigenvalue weighted by atomic mass is 16.7. The van der Waals surface area contributed by atoms with Crippen LogP contribution in [0.25, 0.3) is 0 Å². The fourth-order valence-corrected chi connectivity index (χ4v) is 10.1. The summed E-state index contributed by atoms with van der Waals surface area (Å²) in [6.07, 6.45) is 15.7. The van der Waals surface area contributed by atoms with Gasteiger partial charge in [-0.15, -0.1) is 0 Å². The molecule has 1 amide bonds. The first-order valence-corrected chi connectivity index (χ1v) is 35.4. The molecule has 8 rings (SSSR count). The zero-order valence-corrected chi connectivity index (χ0v) is 63.9. The van der Waals surface area contributed by atoms with Crippen molar-refractivity contribution in [3.8, 4) is 35.3 Å². The van der Waals surface area contributed by atoms with Crippen LogP contribution in [0.1, 0.15) is 241 Å². The molecule has 0 aliphatic carbocycles. The predicted molar refractivity (Wildman–Crippen MR) is 443 cm³/mol. The Bertz CT molecular complexity index is 2890. The molecule has 0 bridgehead atoms. The molecule has 2 fully saturated rings. The SMILES string of the molecule is C.C.C.C.C.C.C.CC[C@@H](C)C(=O)N(C)OC.CC[C@@H](C)C(=O)c1ccc(OC)nc1.CC[C@@H](C)[C@H](O)c1ccc(OC)nc1.CC[C@@H](C)[C@H](O)c1ccc(OC)nc1.COc1ccc([C@@H](O)[C@H](C)CN2CCCC2)cn1.COc1ccc([C@@H](O)[C@H](C)CO)cn1.COc1ccc([C@@H](O)[C@H](N)CN2CCCC2)cn1. The second kappa shape index (κ2) is 63.1. The first kappa shape index (κ1) is 112. The van der Waals surface area contributed by atoms with E-state index in [1.807, 2.05) is 59.7 Å². The van der Waals surface area contributed by atoms with Crippen molar-refractivity contribution in [3.05, 3.63) is 143 Å². The van der Waals surface area contributed by atoms with Crippen molar-refractivity contribution in [1.29, 1.82) is 0 Å². The van der Waals surface area contributed by atoms with Crippen molar-refractivity contribution in [2.24, 2.45) is 41.2 Å². The molecule has 626 valence electrons. The normalized spacial score (nSPS) is 15.0. The fraction of sp³-hybridized carbons (Fsp3) is 0.619. The summed E-state index contributed by atoms with van der Waals surface area (Å²) in [6, 6.07) is 21.0. The van der Waals surface area contributed by atoms with Crippen LogP contribution in [0.15, 0.2) is 110 Å². The van der Waals surface area contributed by atoms with Crippen LogP contribution >= 0.6 is 0 Å². The molecule has 109 heavy (non-hydrogen) atoms. The van der Waals surface area contributed by atoms with Gasteiger partial charge in [0.25, 0.3) is 0 Å². The van der Waals surface area contributed by atoms with Gasteiger partial charge in [0.2, 0.25) is 41.2 Å². The Morgan fingerprint density at radius 2 is 0.679 bits per heavy atom. The number of carbonyl (C=O) groups is 2. The lowest BCUT2D eigenvalue weighted by Gasteiger charge is -2.24. The van der Waals surface area contributed by atoms with E-state index in [1.54, 1.807) is 141 Å². The molecule has 0 aromatic carbocycles. The highest BCUT2D eigenvalue weighted by molar-refractivity contribution is 5.97. The Morgan fingerprint density at radius 3 is 0.927 bits per heavy atom. The van der Waals surface area contributed by atoms with E-state index in [9.17, 15) is 35.1 Å². The molecule has 2 saturated heterocycles. The van der Waals surface area contributed by atoms with Gasteiger partial charge >= 0.3 is 0 Å². The second-order valence-electron chi connectivity index (χ2n) is 25.6. The van der Waals surface area contributed by atoms with E-state index >= 15 is 0 Å². The van der Waals surface area contributed by atoms with Gasteiger partial charge in [-0.05, 0) is 141 Å². The van der Waals surface area contributed by atoms with Crippen molar-refractivity contribution in [2.45, 2.75) is 209 Å². The minimum atomic E-state index is -0.682. The molecule has 0 saturated carbocycles. The zero-order valence-electron chi connectivity index (χ0n) is 63.9. The van der Waals surface area contributed by atoms with E-state index in [4.69, 9.17) is 44.1 Å². The summed E-state index contributed by atoms with van der Waals surface area (Å²) in [6.45, 7) is 25.9. The van der Waals surface area contributed by atoms with Gasteiger partial charge in [-0.2, -0.15) is 0 Å². The van der Waals surface area contributed by atoms with Crippen molar-refractivity contribution >= 4 is 11.7 Å². The quantitative estimate of drug-likeness (QED) is 0.0169. The number of aliphatic hydroxyl groups is 6. The number of likely N-dealkylation sites (tertiary alicyclic amines) is 2. The number of Topliss-reactive ketones (excluding diaryl/α,β-unsaturated/α-hetero) is 1. The van der Waals surface area contributed by atoms with Crippen LogP contribution in [-0.4, -0.2) is 196 Å². The first-order valence-electron chi connectivity index (χ1n) is 35.4. The lowest BCUT2D eigenvalue weighted by atomic mass is 9.97. The minimum absolute atomic E-state index is 0. The second-order valence-corrected chi connectivity index (χ2v) is 25.6. The zero-order chi connectivity index (χ0) is 76.3. The monoisotopic (exact) mass is 1540 g/mol. The topological polar surface area (TPSA) is 333 Å². The number of hydrogen-bond donors (Lipinski definition) is 7. The maximum Gasteiger partial charge on any atom is 0.248 e. The number of hydrogen-bond acceptors (Lipinski definition) is 24. The maximum absolute atomic E-state index is 11.7. The summed E-state index contributed by atoms with van der Waals surface area (Å²) >= 11 is 0. The Labute approximate surface area is 658 Å². The van der Waals surface area contributed by atoms with Gasteiger partial charge in [-0.3, -0.25) is 14.4 Å². The number of aliphatic hydroxyl groups excluding tert-OH is 6. The van der Waals surface area contributed by atoms with Crippen molar-refractivity contribution in [3.63, 3.8) is 0 Å². The summed E-state index contributed by atoms with van der Waals surface area (Å²) in [4.78, 5) is 56.5. The van der Waals surface area contributed by atoms with E-state index in [-0.39, 0.29) is 112 Å². The highest BCUT2D eigenvalue weighted by Crippen LogP contribution is 2.28. The molecule has 2 aliphatic heterocycles. The largest absolute Gasteiger partial charge is 0.481 e. The number of methoxy groups -OCH3 is 6. The molecular weight excluding hydrogens is 1390 g/mol. The van der Waals surface area contributed by atoms with Gasteiger partial charge in [0.05, 0.1) is 80.3 Å². The number of nitrogens with two attached hydrogens (primary N) is 1. The van der Waals surface area contributed by atoms with Gasteiger partial charge in [0.1, 0.15) is 0 Å². The molecule has 8 heterocycles. The third-order valence-electron chi connectivity index (χ3n) is 18.0. The molecule has 0 spiro atoms. The van der Waals surface area contributed by atoms with Crippen LogP contribution in [0.4, 0.5) is 0 Å². The number of aromatic nitrogens is 6. The van der Waals surface area contributed by atoms with E-state index in [2.05, 4.69) is 60.5 Å². The number of rotatable bonds is 29. The van der Waals surface area contributed by atoms with Crippen LogP contribution in [-0.2, 0) is 9.63 Å². The lowest BCUT2D eigenvalue weighted by Crippen LogP contribution is -2.40. The molecule has 12 atom stereocenters. The summed E-state index contributed by atoms with van der Waals surface area (Å²) in [7, 11) is 12.5. The number of amides is 1. The summed E-state index contributed by atoms with van der Waals surface area (Å²) in [5.41, 5.74) is 10.7. The van der Waals surface area contributed by atoms with Crippen molar-refractivity contribution in [1.82, 2.24) is 44.8 Å². The van der Waals surface area contributed by atoms with Crippen LogP contribution in [0.3, 0.4) is 0 Å². The van der Waals surface area contributed by atoms with Gasteiger partial charge in [-0.1, -0.05) is 134 Å². The molecule has 6 aromatic heterocycles. The molecule has 8 N–H and O–H groups in total. The smallest absolute Gasteiger partial charge is 0.248 e. The molecule has 0 unspecified atom stereocenters. The van der Waals surface area contributed by atoms with Crippen molar-refractivity contribution in [2.75, 3.05) is 103 Å². The van der Waals surface area contributed by atoms with E-state index in [0.29, 0.717) is 46.4 Å². The highest BCUT2D eigenvalue weighted by Gasteiger charge is 2.25. The third-order valence-corrected chi connectivity index (χ3v) is 18.0. The first-order chi connectivity index (χ1) is 48.8. The molecule has 2 aliphatic rings. The Kier molecular flexibility index (Phi) is 65.1. The predicted octanol–water partition coefficient (Wildman–Crippen LogP) is 15.3. The molecule has 6 aromatic rings. The molecule has 0 radical (unpaired) electrons. The van der Waals surface area contributed by atoms with Crippen LogP contribution in [0.5, 0.6) is 35.3 Å². The van der Waals surface area contributed by atoms with Gasteiger partial charge in [0.15, 0.2) is 5.78 Å². The maximum atomic E-state index is 11.7. The average molecular weight is 1540 g/mol. The Morgan fingerprint density at radius 1 is 0.404 bits per heavy atom. The number of pyridine rings is 6. The molecule has 25 heteroatoms. The number of carbonyl (C=O) groups excluding carboxylic acids is 2. The molecule has 25 nitrogen and oxygen atoms in total. The fourth-order valence-electron chi connectivity index (χ4n) is 10.1. The van der Waals surface area contributed by atoms with Crippen molar-refractivity contribution < 1.29 is 73.5 Å². The molecular formula is C84H150N10O15. The minimum Gasteiger partial charge on any atom is -0.481 e. The van der Waals surface area contributed by atoms with Crippen LogP contribution in [0.2, 0.25) is 0 Å². The van der Waals surface area contributed by atoms with Gasteiger partial charge in [0, 0.05) is 135 Å². The average Bonchev–Trinajstić information content (AvgIpc) is 1.80. The summed E-state index contributed by atoms with van der Waals surface area (Å²) < 4.78 is 29.7. The van der Waals surface area contributed by atoms with Crippen LogP contribution in [0, 0.1) is 35.5 Å². The Hall–Kier alpha value is -7.56. The Balaban J connectivity index is -0.000000283. The number of hydroxylamine groups is 2. The number of ether oxygens (including phenoxy) is 6. The summed E-state index contributed by atoms with van der Waals surface area (Å²) in [5, 5.41) is 60.1. The third kappa shape index (κ3) is 40.8. The van der Waals surface area contributed by atoms with Crippen LogP contribution < -0.4 is 34.2 Å². The van der Waals surface area contributed by atoms with Gasteiger partial charge in [-0.25, -0.2) is 35.0 Å². The lowest BCUT2D eigenvalue weighted by molar-refractivity contribution is -0.172. The number of ketones is 1. The summed E-state index contributed by atoms with van der Waals surface area (Å²) in [5.74, 6) is 4.15. The standard InChI is InChI=1S/C14H22N2O2.C13H21N3O2.2C11H17NO2.C11H15NO2.C10H15NO3.C7H15NO2.7CH4/c1-11(10-16-7-3-4-8-16)14(17)12-5-6-13(18-2)15-9-12;1-18-12-5-4-10(8-15-12)13(17)11(14)9-16-6-2-3-7-16;3*1-4-8(2)11(13)9-5-6-10(14-3)12-7-9;1-7(6-12)10(13)8-3-4-9(14-2)11-5-8;1-5-6(2)7(9)8(3)10-4;;;;;;;/h5-6,9,11,14,17H,3-4,7-8,10H2,1-2H3;4-5,8,11,13,17H,2-3,6-7,9,14H2,1H3;2*5-8,11,13H,4H2,1-3H3;5-8H,4H2,1-3H3;3-5,7,10,12-13H,6H2,1-2H3;6H,5H2,1-4H3;7*1H4/t11-,14+;11-,13-;2*8-,11+;8-;7-,10+;6-;;;;;;;/m1111111......./s1. The van der Waals surface area contributed by atoms with E-state index < -0.39 is 30.5 Å².